The zero-order chi connectivity index (χ0) is 12.3. The Hall–Kier alpha value is -0.770. The third-order valence-corrected chi connectivity index (χ3v) is 3.91. The second kappa shape index (κ2) is 5.04. The number of primary amides is 1. The first-order chi connectivity index (χ1) is 7.33. The number of hydrogen-bond acceptors (Lipinski definition) is 3. The van der Waals surface area contributed by atoms with Crippen LogP contribution in [0.1, 0.15) is 46.5 Å². The normalized spacial score (nSPS) is 28.5. The Balaban J connectivity index is 2.55. The van der Waals surface area contributed by atoms with Gasteiger partial charge in [0.05, 0.1) is 6.10 Å². The van der Waals surface area contributed by atoms with Crippen molar-refractivity contribution >= 4 is 6.09 Å². The molecule has 1 rings (SSSR count). The molecule has 1 fully saturated rings. The number of aliphatic hydroxyl groups excluding tert-OH is 1. The third kappa shape index (κ3) is 3.37. The van der Waals surface area contributed by atoms with Crippen LogP contribution in [0, 0.1) is 11.8 Å². The molecule has 4 nitrogen and oxygen atoms in total. The predicted octanol–water partition coefficient (Wildman–Crippen LogP) is 2.05. The number of carbonyl (C=O) groups is 1. The van der Waals surface area contributed by atoms with E-state index in [0.29, 0.717) is 5.92 Å². The Morgan fingerprint density at radius 3 is 2.31 bits per heavy atom. The van der Waals surface area contributed by atoms with Gasteiger partial charge in [-0.15, -0.1) is 0 Å². The average molecular weight is 229 g/mol. The molecule has 0 bridgehead atoms. The highest BCUT2D eigenvalue weighted by Gasteiger charge is 2.36. The Morgan fingerprint density at radius 2 is 1.88 bits per heavy atom. The fourth-order valence-electron chi connectivity index (χ4n) is 2.52. The van der Waals surface area contributed by atoms with Crippen LogP contribution in [0.4, 0.5) is 4.79 Å². The maximum absolute atomic E-state index is 10.8. The van der Waals surface area contributed by atoms with Crippen LogP contribution >= 0.6 is 0 Å². The van der Waals surface area contributed by atoms with Gasteiger partial charge in [-0.25, -0.2) is 4.79 Å². The molecule has 0 spiro atoms. The summed E-state index contributed by atoms with van der Waals surface area (Å²) in [7, 11) is 0. The predicted molar refractivity (Wildman–Crippen MR) is 61.9 cm³/mol. The lowest BCUT2D eigenvalue weighted by molar-refractivity contribution is -0.0304. The molecule has 0 aromatic rings. The molecule has 0 aromatic carbocycles. The van der Waals surface area contributed by atoms with E-state index in [1.54, 1.807) is 0 Å². The topological polar surface area (TPSA) is 72.6 Å². The second-order valence-electron chi connectivity index (χ2n) is 5.38. The van der Waals surface area contributed by atoms with Gasteiger partial charge < -0.3 is 15.6 Å². The third-order valence-electron chi connectivity index (χ3n) is 3.91. The summed E-state index contributed by atoms with van der Waals surface area (Å²) < 4.78 is 5.16. The number of nitrogens with two attached hydrogens (primary N) is 1. The summed E-state index contributed by atoms with van der Waals surface area (Å²) in [5.74, 6) is 0.755. The van der Waals surface area contributed by atoms with Crippen molar-refractivity contribution in [2.75, 3.05) is 0 Å². The van der Waals surface area contributed by atoms with E-state index >= 15 is 0 Å². The van der Waals surface area contributed by atoms with Gasteiger partial charge in [0, 0.05) is 0 Å². The van der Waals surface area contributed by atoms with Gasteiger partial charge in [-0.05, 0) is 51.4 Å². The van der Waals surface area contributed by atoms with Crippen LogP contribution in [-0.4, -0.2) is 22.9 Å². The summed E-state index contributed by atoms with van der Waals surface area (Å²) in [6, 6.07) is 0. The molecule has 16 heavy (non-hydrogen) atoms. The summed E-state index contributed by atoms with van der Waals surface area (Å²) in [5, 5.41) is 9.45. The number of carbonyl (C=O) groups excluding carboxylic acids is 1. The van der Waals surface area contributed by atoms with Crippen LogP contribution in [0.5, 0.6) is 0 Å². The average Bonchev–Trinajstić information content (AvgIpc) is 2.16. The zero-order valence-electron chi connectivity index (χ0n) is 10.4. The minimum absolute atomic E-state index is 0.149. The molecule has 1 aliphatic rings. The van der Waals surface area contributed by atoms with Gasteiger partial charge >= 0.3 is 6.09 Å². The lowest BCUT2D eigenvalue weighted by atomic mass is 9.73. The number of rotatable bonds is 3. The van der Waals surface area contributed by atoms with Crippen LogP contribution < -0.4 is 5.73 Å². The highest BCUT2D eigenvalue weighted by Crippen LogP contribution is 2.37. The molecule has 1 amide bonds. The maximum atomic E-state index is 10.8. The molecule has 1 unspecified atom stereocenters. The molecule has 0 aromatic heterocycles. The van der Waals surface area contributed by atoms with Crippen molar-refractivity contribution in [3.8, 4) is 0 Å². The van der Waals surface area contributed by atoms with Gasteiger partial charge in [-0.2, -0.15) is 0 Å². The molecule has 0 radical (unpaired) electrons. The first-order valence-electron chi connectivity index (χ1n) is 5.99. The van der Waals surface area contributed by atoms with Crippen molar-refractivity contribution in [2.24, 2.45) is 17.6 Å². The van der Waals surface area contributed by atoms with Crippen LogP contribution in [0.3, 0.4) is 0 Å². The quantitative estimate of drug-likeness (QED) is 0.778. The number of ether oxygens (including phenoxy) is 1. The molecular weight excluding hydrogens is 206 g/mol. The number of aliphatic hydroxyl groups is 1. The van der Waals surface area contributed by atoms with Gasteiger partial charge in [-0.1, -0.05) is 6.92 Å². The highest BCUT2D eigenvalue weighted by atomic mass is 16.6. The van der Waals surface area contributed by atoms with Gasteiger partial charge in [0.1, 0.15) is 5.60 Å². The fourth-order valence-corrected chi connectivity index (χ4v) is 2.52. The van der Waals surface area contributed by atoms with Crippen LogP contribution in [0.2, 0.25) is 0 Å². The minimum atomic E-state index is -0.715. The summed E-state index contributed by atoms with van der Waals surface area (Å²) in [6.45, 7) is 5.88. The van der Waals surface area contributed by atoms with E-state index in [-0.39, 0.29) is 12.0 Å². The van der Waals surface area contributed by atoms with Crippen molar-refractivity contribution in [3.63, 3.8) is 0 Å². The Morgan fingerprint density at radius 1 is 1.38 bits per heavy atom. The monoisotopic (exact) mass is 229 g/mol. The summed E-state index contributed by atoms with van der Waals surface area (Å²) >= 11 is 0. The zero-order valence-corrected chi connectivity index (χ0v) is 10.4. The fraction of sp³-hybridized carbons (Fsp3) is 0.917. The van der Waals surface area contributed by atoms with E-state index in [4.69, 9.17) is 10.5 Å². The van der Waals surface area contributed by atoms with Crippen LogP contribution in [0.25, 0.3) is 0 Å². The first kappa shape index (κ1) is 13.3. The summed E-state index contributed by atoms with van der Waals surface area (Å²) in [4.78, 5) is 10.8. The summed E-state index contributed by atoms with van der Waals surface area (Å²) in [5.41, 5.74) is 4.54. The van der Waals surface area contributed by atoms with E-state index in [9.17, 15) is 9.90 Å². The molecule has 1 saturated carbocycles. The van der Waals surface area contributed by atoms with Crippen molar-refractivity contribution < 1.29 is 14.6 Å². The number of hydrogen-bond donors (Lipinski definition) is 2. The van der Waals surface area contributed by atoms with E-state index in [2.05, 4.69) is 6.92 Å². The molecule has 94 valence electrons. The largest absolute Gasteiger partial charge is 0.443 e. The van der Waals surface area contributed by atoms with Gasteiger partial charge in [0.15, 0.2) is 0 Å². The SMILES string of the molecule is CC([C@H]1CC[C@H](O)CC1)C(C)(C)OC(N)=O. The molecule has 0 aliphatic heterocycles. The standard InChI is InChI=1S/C12H23NO3/c1-8(12(2,3)16-11(13)15)9-4-6-10(14)7-5-9/h8-10,14H,4-7H2,1-3H3,(H2,13,15)/t8?,9-,10-. The molecule has 4 heteroatoms. The lowest BCUT2D eigenvalue weighted by Gasteiger charge is -2.38. The first-order valence-corrected chi connectivity index (χ1v) is 5.99. The molecule has 3 N–H and O–H groups in total. The Bertz CT molecular complexity index is 245. The van der Waals surface area contributed by atoms with Gasteiger partial charge in [-0.3, -0.25) is 0 Å². The maximum Gasteiger partial charge on any atom is 0.405 e. The Kier molecular flexibility index (Phi) is 4.19. The molecule has 0 heterocycles. The van der Waals surface area contributed by atoms with Crippen molar-refractivity contribution in [2.45, 2.75) is 58.2 Å². The van der Waals surface area contributed by atoms with Crippen molar-refractivity contribution in [1.29, 1.82) is 0 Å². The van der Waals surface area contributed by atoms with Crippen molar-refractivity contribution in [3.05, 3.63) is 0 Å². The van der Waals surface area contributed by atoms with Gasteiger partial charge in [0.2, 0.25) is 0 Å². The molecule has 1 atom stereocenters. The van der Waals surface area contributed by atoms with Gasteiger partial charge in [0.25, 0.3) is 0 Å². The molecular formula is C12H23NO3. The smallest absolute Gasteiger partial charge is 0.405 e. The number of amides is 1. The van der Waals surface area contributed by atoms with Crippen LogP contribution in [-0.2, 0) is 4.74 Å². The van der Waals surface area contributed by atoms with Crippen molar-refractivity contribution in [1.82, 2.24) is 0 Å². The Labute approximate surface area is 97.2 Å². The van der Waals surface area contributed by atoms with E-state index in [1.165, 1.54) is 0 Å². The van der Waals surface area contributed by atoms with E-state index in [1.807, 2.05) is 13.8 Å². The second-order valence-corrected chi connectivity index (χ2v) is 5.38. The lowest BCUT2D eigenvalue weighted by Crippen LogP contribution is -2.41. The molecule has 1 aliphatic carbocycles. The van der Waals surface area contributed by atoms with E-state index < -0.39 is 11.7 Å². The minimum Gasteiger partial charge on any atom is -0.443 e. The summed E-state index contributed by atoms with van der Waals surface area (Å²) in [6.07, 6.45) is 2.82. The van der Waals surface area contributed by atoms with E-state index in [0.717, 1.165) is 25.7 Å². The highest BCUT2D eigenvalue weighted by molar-refractivity contribution is 5.65. The molecule has 0 saturated heterocycles. The van der Waals surface area contributed by atoms with Crippen LogP contribution in [0.15, 0.2) is 0 Å².